The molecule has 25 heavy (non-hydrogen) atoms. The Kier molecular flexibility index (Phi) is 5.84. The van der Waals surface area contributed by atoms with Crippen LogP contribution >= 0.6 is 11.6 Å². The number of aliphatic hydroxyl groups is 2. The average Bonchev–Trinajstić information content (AvgIpc) is 2.96. The molecule has 6 nitrogen and oxygen atoms in total. The van der Waals surface area contributed by atoms with Crippen LogP contribution in [0.25, 0.3) is 0 Å². The zero-order valence-electron chi connectivity index (χ0n) is 13.4. The van der Waals surface area contributed by atoms with E-state index in [1.807, 2.05) is 24.3 Å². The Morgan fingerprint density at radius 2 is 2.12 bits per heavy atom. The van der Waals surface area contributed by atoms with Crippen molar-refractivity contribution >= 4 is 36.9 Å². The summed E-state index contributed by atoms with van der Waals surface area (Å²) < 4.78 is 6.80. The van der Waals surface area contributed by atoms with Gasteiger partial charge in [-0.2, -0.15) is 0 Å². The second-order valence-electron chi connectivity index (χ2n) is 5.82. The Morgan fingerprint density at radius 3 is 2.76 bits per heavy atom. The molecule has 1 amide bonds. The van der Waals surface area contributed by atoms with Crippen molar-refractivity contribution in [3.8, 4) is 0 Å². The maximum absolute atomic E-state index is 12.2. The molecule has 0 aliphatic carbocycles. The first-order valence-electron chi connectivity index (χ1n) is 7.80. The van der Waals surface area contributed by atoms with Gasteiger partial charge in [0.25, 0.3) is 0 Å². The fraction of sp³-hybridized carbons (Fsp3) is 0.353. The van der Waals surface area contributed by atoms with E-state index in [1.54, 1.807) is 11.1 Å². The van der Waals surface area contributed by atoms with E-state index < -0.39 is 18.4 Å². The van der Waals surface area contributed by atoms with Crippen molar-refractivity contribution in [1.29, 1.82) is 0 Å². The quantitative estimate of drug-likeness (QED) is 0.588. The van der Waals surface area contributed by atoms with Crippen LogP contribution in [0.2, 0.25) is 10.3 Å². The van der Waals surface area contributed by atoms with Crippen LogP contribution < -0.4 is 9.78 Å². The van der Waals surface area contributed by atoms with Gasteiger partial charge >= 0.3 is 157 Å². The molecule has 134 valence electrons. The number of amides is 1. The normalized spacial score (nSPS) is 26.6. The van der Waals surface area contributed by atoms with E-state index in [1.165, 1.54) is 0 Å². The molecule has 1 saturated heterocycles. The van der Waals surface area contributed by atoms with Crippen molar-refractivity contribution in [3.05, 3.63) is 53.5 Å². The number of rotatable bonds is 5. The van der Waals surface area contributed by atoms with Gasteiger partial charge in [-0.3, -0.25) is 0 Å². The van der Waals surface area contributed by atoms with E-state index in [4.69, 9.17) is 16.3 Å². The number of nitrogens with one attached hydrogen (secondary N) is 1. The third-order valence-corrected chi connectivity index (χ3v) is 6.54. The number of hydrogen-bond acceptors (Lipinski definition) is 5. The molecule has 0 bridgehead atoms. The molecule has 3 atom stereocenters. The van der Waals surface area contributed by atoms with Crippen molar-refractivity contribution in [3.63, 3.8) is 0 Å². The van der Waals surface area contributed by atoms with Crippen LogP contribution in [0.3, 0.4) is 0 Å². The third kappa shape index (κ3) is 4.26. The van der Waals surface area contributed by atoms with Gasteiger partial charge in [-0.05, 0) is 0 Å². The predicted molar refractivity (Wildman–Crippen MR) is 95.2 cm³/mol. The standard InChI is InChI=1S/C17H19ClN2O4Se/c1-10-19-17(23)11(9-25-13-4-2-12(18)3-5-13)7-20(10)16-6-14(22)15(8-21)24-16/h2-5,7,14-16,21-22H,1,6,8-9H2,(H,19,23)/t14?,15-,16-/m1/s1. The fourth-order valence-electron chi connectivity index (χ4n) is 2.68. The van der Waals surface area contributed by atoms with Crippen molar-refractivity contribution in [1.82, 2.24) is 10.2 Å². The number of nitrogens with zero attached hydrogens (tertiary/aromatic N) is 1. The number of carbonyl (C=O) groups is 1. The fourth-order valence-corrected chi connectivity index (χ4v) is 4.60. The van der Waals surface area contributed by atoms with Gasteiger partial charge in [0.1, 0.15) is 0 Å². The van der Waals surface area contributed by atoms with Crippen LogP contribution in [0.4, 0.5) is 0 Å². The Hall–Kier alpha value is -1.34. The molecule has 2 heterocycles. The Balaban J connectivity index is 1.70. The Bertz CT molecular complexity index is 694. The monoisotopic (exact) mass is 430 g/mol. The minimum atomic E-state index is -0.740. The summed E-state index contributed by atoms with van der Waals surface area (Å²) >= 11 is 5.98. The average molecular weight is 430 g/mol. The molecule has 8 heteroatoms. The van der Waals surface area contributed by atoms with Crippen LogP contribution in [0.5, 0.6) is 0 Å². The topological polar surface area (TPSA) is 82.0 Å². The molecule has 1 unspecified atom stereocenters. The number of hydrogen-bond donors (Lipinski definition) is 3. The molecular weight excluding hydrogens is 411 g/mol. The number of aliphatic hydroxyl groups excluding tert-OH is 2. The summed E-state index contributed by atoms with van der Waals surface area (Å²) in [5.41, 5.74) is 0.632. The minimum absolute atomic E-state index is 0.0851. The van der Waals surface area contributed by atoms with Gasteiger partial charge in [0, 0.05) is 0 Å². The molecule has 3 rings (SSSR count). The molecule has 1 fully saturated rings. The predicted octanol–water partition coefficient (Wildman–Crippen LogP) is 0.343. The molecule has 0 saturated carbocycles. The van der Waals surface area contributed by atoms with E-state index in [9.17, 15) is 15.0 Å². The number of carbonyl (C=O) groups excluding carboxylic acids is 1. The Labute approximate surface area is 157 Å². The van der Waals surface area contributed by atoms with Crippen molar-refractivity contribution < 1.29 is 19.7 Å². The van der Waals surface area contributed by atoms with Gasteiger partial charge in [0.15, 0.2) is 0 Å². The summed E-state index contributed by atoms with van der Waals surface area (Å²) in [6, 6.07) is 7.60. The summed E-state index contributed by atoms with van der Waals surface area (Å²) in [7, 11) is 0. The molecule has 1 aromatic rings. The zero-order valence-corrected chi connectivity index (χ0v) is 15.9. The van der Waals surface area contributed by atoms with Crippen molar-refractivity contribution in [2.24, 2.45) is 0 Å². The molecule has 2 aliphatic heterocycles. The second kappa shape index (κ2) is 7.91. The summed E-state index contributed by atoms with van der Waals surface area (Å²) in [6.07, 6.45) is 0.252. The molecule has 3 N–H and O–H groups in total. The van der Waals surface area contributed by atoms with E-state index in [0.717, 1.165) is 4.46 Å². The van der Waals surface area contributed by atoms with E-state index in [-0.39, 0.29) is 27.5 Å². The molecule has 0 aromatic heterocycles. The van der Waals surface area contributed by atoms with Gasteiger partial charge in [-0.15, -0.1) is 0 Å². The molecule has 2 aliphatic rings. The number of ether oxygens (including phenoxy) is 1. The van der Waals surface area contributed by atoms with Crippen LogP contribution in [0, 0.1) is 0 Å². The molecule has 0 spiro atoms. The summed E-state index contributed by atoms with van der Waals surface area (Å²) in [4.78, 5) is 13.9. The first-order chi connectivity index (χ1) is 12.0. The van der Waals surface area contributed by atoms with Crippen LogP contribution in [-0.2, 0) is 9.53 Å². The molecule has 0 radical (unpaired) electrons. The Morgan fingerprint density at radius 1 is 1.40 bits per heavy atom. The number of benzene rings is 1. The molecule has 1 aromatic carbocycles. The van der Waals surface area contributed by atoms with Gasteiger partial charge in [-0.25, -0.2) is 0 Å². The third-order valence-electron chi connectivity index (χ3n) is 4.06. The van der Waals surface area contributed by atoms with Gasteiger partial charge < -0.3 is 0 Å². The first kappa shape index (κ1) is 18.5. The van der Waals surface area contributed by atoms with Gasteiger partial charge in [-0.1, -0.05) is 0 Å². The maximum atomic E-state index is 12.2. The van der Waals surface area contributed by atoms with Crippen LogP contribution in [-0.4, -0.2) is 61.0 Å². The van der Waals surface area contributed by atoms with Crippen LogP contribution in [0.1, 0.15) is 6.42 Å². The molecular formula is C17H19ClN2O4Se. The van der Waals surface area contributed by atoms with E-state index in [2.05, 4.69) is 11.9 Å². The summed E-state index contributed by atoms with van der Waals surface area (Å²) in [5.74, 6) is 0.234. The summed E-state index contributed by atoms with van der Waals surface area (Å²) in [6.45, 7) is 3.60. The van der Waals surface area contributed by atoms with Gasteiger partial charge in [0.2, 0.25) is 0 Å². The summed E-state index contributed by atoms with van der Waals surface area (Å²) in [5, 5.41) is 23.2. The van der Waals surface area contributed by atoms with Crippen LogP contribution in [0.15, 0.2) is 48.4 Å². The zero-order chi connectivity index (χ0) is 18.0. The van der Waals surface area contributed by atoms with Crippen molar-refractivity contribution in [2.75, 3.05) is 6.61 Å². The van der Waals surface area contributed by atoms with Gasteiger partial charge in [0.05, 0.1) is 0 Å². The van der Waals surface area contributed by atoms with Crippen molar-refractivity contribution in [2.45, 2.75) is 30.2 Å². The second-order valence-corrected chi connectivity index (χ2v) is 8.46. The van der Waals surface area contributed by atoms with E-state index in [0.29, 0.717) is 28.2 Å². The first-order valence-corrected chi connectivity index (χ1v) is 10.2. The SMILES string of the molecule is C=C1NC(=O)C(C[Se]c2ccc(Cl)cc2)=CN1[C@H]1CC(O)[C@@H](CO)O1. The van der Waals surface area contributed by atoms with E-state index >= 15 is 0 Å². The number of halogens is 1.